The number of hydrogen-bond acceptors (Lipinski definition) is 4. The van der Waals surface area contributed by atoms with Gasteiger partial charge in [0.25, 0.3) is 0 Å². The molecule has 1 unspecified atom stereocenters. The average Bonchev–Trinajstić information content (AvgIpc) is 2.22. The maximum Gasteiger partial charge on any atom is 0.320 e. The summed E-state index contributed by atoms with van der Waals surface area (Å²) in [5, 5.41) is 3.16. The summed E-state index contributed by atoms with van der Waals surface area (Å²) >= 11 is 3.23. The third-order valence-corrected chi connectivity index (χ3v) is 2.93. The smallest absolute Gasteiger partial charge is 0.320 e. The predicted molar refractivity (Wildman–Crippen MR) is 63.3 cm³/mol. The van der Waals surface area contributed by atoms with Gasteiger partial charge in [0.1, 0.15) is 4.83 Å². The van der Waals surface area contributed by atoms with Crippen LogP contribution in [0.15, 0.2) is 0 Å². The second-order valence-corrected chi connectivity index (χ2v) is 5.01. The maximum atomic E-state index is 11.0. The van der Waals surface area contributed by atoms with Gasteiger partial charge in [-0.15, -0.1) is 0 Å². The fourth-order valence-corrected chi connectivity index (χ4v) is 1.35. The SMILES string of the molecule is COC(=O)C(Br)CNCCC(C)(C)OC. The number of ether oxygens (including phenoxy) is 2. The summed E-state index contributed by atoms with van der Waals surface area (Å²) in [6.45, 7) is 5.42. The number of esters is 1. The summed E-state index contributed by atoms with van der Waals surface area (Å²) in [5.41, 5.74) is -0.125. The Balaban J connectivity index is 3.59. The quantitative estimate of drug-likeness (QED) is 0.435. The van der Waals surface area contributed by atoms with Crippen LogP contribution in [0.25, 0.3) is 0 Å². The third-order valence-electron chi connectivity index (χ3n) is 2.24. The molecular weight excluding hydrogens is 262 g/mol. The highest BCUT2D eigenvalue weighted by Crippen LogP contribution is 2.11. The van der Waals surface area contributed by atoms with E-state index in [-0.39, 0.29) is 16.4 Å². The molecule has 0 aromatic heterocycles. The van der Waals surface area contributed by atoms with Crippen LogP contribution < -0.4 is 5.32 Å². The summed E-state index contributed by atoms with van der Waals surface area (Å²) in [6.07, 6.45) is 0.893. The van der Waals surface area contributed by atoms with Crippen LogP contribution in [-0.2, 0) is 14.3 Å². The van der Waals surface area contributed by atoms with Crippen molar-refractivity contribution in [3.05, 3.63) is 0 Å². The molecule has 5 heteroatoms. The molecule has 1 N–H and O–H groups in total. The number of carbonyl (C=O) groups excluding carboxylic acids is 1. The molecule has 0 fully saturated rings. The normalized spacial score (nSPS) is 13.7. The molecule has 0 aromatic carbocycles. The summed E-state index contributed by atoms with van der Waals surface area (Å²) < 4.78 is 9.85. The van der Waals surface area contributed by atoms with Gasteiger partial charge in [0, 0.05) is 13.7 Å². The molecule has 0 saturated heterocycles. The van der Waals surface area contributed by atoms with Gasteiger partial charge in [-0.2, -0.15) is 0 Å². The van der Waals surface area contributed by atoms with E-state index in [1.165, 1.54) is 7.11 Å². The lowest BCUT2D eigenvalue weighted by Gasteiger charge is -2.23. The molecule has 0 radical (unpaired) electrons. The van der Waals surface area contributed by atoms with Gasteiger partial charge in [-0.25, -0.2) is 0 Å². The Kier molecular flexibility index (Phi) is 7.13. The highest BCUT2D eigenvalue weighted by molar-refractivity contribution is 9.10. The monoisotopic (exact) mass is 281 g/mol. The van der Waals surface area contributed by atoms with Gasteiger partial charge in [0.2, 0.25) is 0 Å². The maximum absolute atomic E-state index is 11.0. The summed E-state index contributed by atoms with van der Waals surface area (Å²) in [4.78, 5) is 10.7. The molecule has 0 spiro atoms. The third kappa shape index (κ3) is 6.87. The molecular formula is C10H20BrNO3. The Bertz CT molecular complexity index is 197. The minimum Gasteiger partial charge on any atom is -0.468 e. The van der Waals surface area contributed by atoms with E-state index in [9.17, 15) is 4.79 Å². The standard InChI is InChI=1S/C10H20BrNO3/c1-10(2,15-4)5-6-12-7-8(11)9(13)14-3/h8,12H,5-7H2,1-4H3. The number of nitrogens with one attached hydrogen (secondary N) is 1. The molecule has 0 aliphatic heterocycles. The molecule has 15 heavy (non-hydrogen) atoms. The van der Waals surface area contributed by atoms with E-state index in [4.69, 9.17) is 4.74 Å². The molecule has 90 valence electrons. The zero-order valence-corrected chi connectivity index (χ0v) is 11.4. The predicted octanol–water partition coefficient (Wildman–Crippen LogP) is 1.33. The van der Waals surface area contributed by atoms with Crippen molar-refractivity contribution in [2.45, 2.75) is 30.7 Å². The van der Waals surface area contributed by atoms with E-state index < -0.39 is 0 Å². The van der Waals surface area contributed by atoms with Crippen molar-refractivity contribution in [1.29, 1.82) is 0 Å². The van der Waals surface area contributed by atoms with Crippen LogP contribution in [0.2, 0.25) is 0 Å². The topological polar surface area (TPSA) is 47.6 Å². The molecule has 0 bridgehead atoms. The number of rotatable bonds is 7. The largest absolute Gasteiger partial charge is 0.468 e. The van der Waals surface area contributed by atoms with Crippen LogP contribution in [0.3, 0.4) is 0 Å². The molecule has 0 amide bonds. The zero-order chi connectivity index (χ0) is 11.9. The minimum absolute atomic E-state index is 0.125. The van der Waals surface area contributed by atoms with Crippen molar-refractivity contribution in [3.63, 3.8) is 0 Å². The Labute approximate surface area is 99.8 Å². The first-order valence-corrected chi connectivity index (χ1v) is 5.82. The van der Waals surface area contributed by atoms with Crippen molar-refractivity contribution in [1.82, 2.24) is 5.32 Å². The summed E-state index contributed by atoms with van der Waals surface area (Å²) in [6, 6.07) is 0. The van der Waals surface area contributed by atoms with Gasteiger partial charge < -0.3 is 14.8 Å². The molecule has 0 aromatic rings. The van der Waals surface area contributed by atoms with Crippen molar-refractivity contribution in [2.24, 2.45) is 0 Å². The fraction of sp³-hybridized carbons (Fsp3) is 0.900. The average molecular weight is 282 g/mol. The van der Waals surface area contributed by atoms with Crippen LogP contribution in [-0.4, -0.2) is 43.7 Å². The van der Waals surface area contributed by atoms with Crippen LogP contribution >= 0.6 is 15.9 Å². The second kappa shape index (κ2) is 7.19. The highest BCUT2D eigenvalue weighted by atomic mass is 79.9. The van der Waals surface area contributed by atoms with Crippen molar-refractivity contribution < 1.29 is 14.3 Å². The van der Waals surface area contributed by atoms with Crippen LogP contribution in [0.5, 0.6) is 0 Å². The molecule has 0 heterocycles. The van der Waals surface area contributed by atoms with E-state index in [1.54, 1.807) is 7.11 Å². The van der Waals surface area contributed by atoms with E-state index >= 15 is 0 Å². The Morgan fingerprint density at radius 1 is 1.47 bits per heavy atom. The molecule has 0 rings (SSSR count). The van der Waals surface area contributed by atoms with E-state index in [0.717, 1.165) is 13.0 Å². The van der Waals surface area contributed by atoms with Crippen molar-refractivity contribution in [2.75, 3.05) is 27.3 Å². The Morgan fingerprint density at radius 2 is 2.07 bits per heavy atom. The molecule has 4 nitrogen and oxygen atoms in total. The summed E-state index contributed by atoms with van der Waals surface area (Å²) in [7, 11) is 3.08. The lowest BCUT2D eigenvalue weighted by molar-refractivity contribution is -0.139. The Morgan fingerprint density at radius 3 is 2.53 bits per heavy atom. The first kappa shape index (κ1) is 14.9. The van der Waals surface area contributed by atoms with Gasteiger partial charge in [-0.05, 0) is 26.8 Å². The van der Waals surface area contributed by atoms with Crippen LogP contribution in [0, 0.1) is 0 Å². The van der Waals surface area contributed by atoms with Crippen molar-refractivity contribution >= 4 is 21.9 Å². The zero-order valence-electron chi connectivity index (χ0n) is 9.80. The van der Waals surface area contributed by atoms with E-state index in [1.807, 2.05) is 13.8 Å². The summed E-state index contributed by atoms with van der Waals surface area (Å²) in [5.74, 6) is -0.256. The minimum atomic E-state index is -0.284. The molecule has 0 aliphatic carbocycles. The van der Waals surface area contributed by atoms with E-state index in [2.05, 4.69) is 26.0 Å². The van der Waals surface area contributed by atoms with Gasteiger partial charge in [0.05, 0.1) is 12.7 Å². The van der Waals surface area contributed by atoms with E-state index in [0.29, 0.717) is 6.54 Å². The van der Waals surface area contributed by atoms with Gasteiger partial charge in [-0.1, -0.05) is 15.9 Å². The van der Waals surface area contributed by atoms with Crippen LogP contribution in [0.1, 0.15) is 20.3 Å². The van der Waals surface area contributed by atoms with Crippen molar-refractivity contribution in [3.8, 4) is 0 Å². The second-order valence-electron chi connectivity index (χ2n) is 3.91. The number of carbonyl (C=O) groups is 1. The fourth-order valence-electron chi connectivity index (χ4n) is 0.931. The lowest BCUT2D eigenvalue weighted by Crippen LogP contribution is -2.34. The van der Waals surface area contributed by atoms with Gasteiger partial charge >= 0.3 is 5.97 Å². The first-order chi connectivity index (χ1) is 6.93. The number of alkyl halides is 1. The van der Waals surface area contributed by atoms with Gasteiger partial charge in [-0.3, -0.25) is 4.79 Å². The van der Waals surface area contributed by atoms with Crippen LogP contribution in [0.4, 0.5) is 0 Å². The highest BCUT2D eigenvalue weighted by Gasteiger charge is 2.17. The lowest BCUT2D eigenvalue weighted by atomic mass is 10.1. The molecule has 1 atom stereocenters. The first-order valence-electron chi connectivity index (χ1n) is 4.90. The number of methoxy groups -OCH3 is 2. The van der Waals surface area contributed by atoms with Gasteiger partial charge in [0.15, 0.2) is 0 Å². The molecule has 0 aliphatic rings. The molecule has 0 saturated carbocycles. The number of hydrogen-bond donors (Lipinski definition) is 1. The Hall–Kier alpha value is -0.130. The number of halogens is 1.